The van der Waals surface area contributed by atoms with Crippen molar-refractivity contribution in [2.24, 2.45) is 4.99 Å². The molecule has 1 aliphatic heterocycles. The van der Waals surface area contributed by atoms with Gasteiger partial charge in [0, 0.05) is 50.9 Å². The minimum Gasteiger partial charge on any atom is -0.357 e. The van der Waals surface area contributed by atoms with Gasteiger partial charge in [-0.1, -0.05) is 0 Å². The van der Waals surface area contributed by atoms with Gasteiger partial charge in [0.1, 0.15) is 0 Å². The van der Waals surface area contributed by atoms with Crippen molar-refractivity contribution in [3.05, 3.63) is 24.1 Å². The van der Waals surface area contributed by atoms with Crippen LogP contribution in [0.2, 0.25) is 0 Å². The van der Waals surface area contributed by atoms with Crippen molar-refractivity contribution in [3.8, 4) is 0 Å². The lowest BCUT2D eigenvalue weighted by Gasteiger charge is -2.19. The largest absolute Gasteiger partial charge is 0.357 e. The Morgan fingerprint density at radius 1 is 1.33 bits per heavy atom. The first-order valence-corrected chi connectivity index (χ1v) is 9.85. The zero-order valence-corrected chi connectivity index (χ0v) is 15.9. The van der Waals surface area contributed by atoms with Crippen molar-refractivity contribution in [1.29, 1.82) is 0 Å². The Morgan fingerprint density at radius 2 is 2.19 bits per heavy atom. The molecule has 27 heavy (non-hydrogen) atoms. The van der Waals surface area contributed by atoms with Crippen LogP contribution in [0.25, 0.3) is 0 Å². The number of hydrogen-bond donors (Lipinski definition) is 3. The van der Waals surface area contributed by atoms with E-state index in [1.165, 1.54) is 6.07 Å². The molecule has 3 rings (SSSR count). The Balaban J connectivity index is 1.44. The second-order valence-corrected chi connectivity index (χ2v) is 7.09. The summed E-state index contributed by atoms with van der Waals surface area (Å²) in [7, 11) is 0. The molecule has 0 bridgehead atoms. The number of halogens is 1. The van der Waals surface area contributed by atoms with E-state index in [9.17, 15) is 9.18 Å². The minimum atomic E-state index is -0.289. The molecule has 7 nitrogen and oxygen atoms in total. The van der Waals surface area contributed by atoms with Crippen molar-refractivity contribution in [2.45, 2.75) is 51.1 Å². The molecule has 2 heterocycles. The van der Waals surface area contributed by atoms with Gasteiger partial charge in [0.05, 0.1) is 0 Å². The normalized spacial score (nSPS) is 19.9. The highest BCUT2D eigenvalue weighted by molar-refractivity contribution is 5.80. The second-order valence-electron chi connectivity index (χ2n) is 7.09. The van der Waals surface area contributed by atoms with E-state index < -0.39 is 0 Å². The molecule has 0 aromatic carbocycles. The Labute approximate surface area is 159 Å². The zero-order valence-electron chi connectivity index (χ0n) is 15.9. The molecule has 1 aliphatic carbocycles. The van der Waals surface area contributed by atoms with Crippen LogP contribution in [-0.2, 0) is 4.79 Å². The van der Waals surface area contributed by atoms with Crippen LogP contribution in [0.5, 0.6) is 0 Å². The number of pyridine rings is 1. The molecule has 0 radical (unpaired) electrons. The van der Waals surface area contributed by atoms with Gasteiger partial charge in [0.25, 0.3) is 0 Å². The smallest absolute Gasteiger partial charge is 0.220 e. The van der Waals surface area contributed by atoms with Gasteiger partial charge in [0.2, 0.25) is 5.91 Å². The van der Waals surface area contributed by atoms with Crippen molar-refractivity contribution in [2.75, 3.05) is 31.1 Å². The summed E-state index contributed by atoms with van der Waals surface area (Å²) < 4.78 is 13.9. The van der Waals surface area contributed by atoms with Crippen molar-refractivity contribution in [1.82, 2.24) is 20.9 Å². The Morgan fingerprint density at radius 3 is 2.93 bits per heavy atom. The lowest BCUT2D eigenvalue weighted by atomic mass is 10.2. The molecule has 2 aliphatic rings. The zero-order chi connectivity index (χ0) is 19.1. The van der Waals surface area contributed by atoms with E-state index >= 15 is 0 Å². The highest BCUT2D eigenvalue weighted by atomic mass is 19.1. The van der Waals surface area contributed by atoms with Crippen LogP contribution in [0.1, 0.15) is 39.0 Å². The molecule has 1 aromatic heterocycles. The average molecular weight is 376 g/mol. The van der Waals surface area contributed by atoms with E-state index in [1.54, 1.807) is 12.3 Å². The highest BCUT2D eigenvalue weighted by Gasteiger charge is 2.26. The quantitative estimate of drug-likeness (QED) is 0.363. The monoisotopic (exact) mass is 376 g/mol. The number of carbonyl (C=O) groups is 1. The Hall–Kier alpha value is -2.38. The van der Waals surface area contributed by atoms with Gasteiger partial charge in [-0.2, -0.15) is 0 Å². The fraction of sp³-hybridized carbons (Fsp3) is 0.632. The highest BCUT2D eigenvalue weighted by Crippen LogP contribution is 2.21. The Kier molecular flexibility index (Phi) is 6.84. The van der Waals surface area contributed by atoms with Gasteiger partial charge in [-0.3, -0.25) is 9.79 Å². The average Bonchev–Trinajstić information content (AvgIpc) is 3.34. The van der Waals surface area contributed by atoms with E-state index in [2.05, 4.69) is 25.9 Å². The van der Waals surface area contributed by atoms with Crippen molar-refractivity contribution < 1.29 is 9.18 Å². The van der Waals surface area contributed by atoms with Gasteiger partial charge in [-0.15, -0.1) is 0 Å². The number of aromatic nitrogens is 1. The van der Waals surface area contributed by atoms with E-state index in [0.29, 0.717) is 31.4 Å². The van der Waals surface area contributed by atoms with E-state index in [-0.39, 0.29) is 17.8 Å². The number of amides is 1. The molecule has 148 valence electrons. The summed E-state index contributed by atoms with van der Waals surface area (Å²) in [6.45, 7) is 4.82. The van der Waals surface area contributed by atoms with Crippen LogP contribution < -0.4 is 20.9 Å². The third-order valence-corrected chi connectivity index (χ3v) is 4.69. The second kappa shape index (κ2) is 9.53. The number of nitrogens with zero attached hydrogens (tertiary/aromatic N) is 3. The summed E-state index contributed by atoms with van der Waals surface area (Å²) in [6, 6.07) is 3.64. The fourth-order valence-corrected chi connectivity index (χ4v) is 3.15. The number of guanidine groups is 1. The predicted molar refractivity (Wildman–Crippen MR) is 104 cm³/mol. The first-order chi connectivity index (χ1) is 13.2. The molecule has 1 unspecified atom stereocenters. The van der Waals surface area contributed by atoms with Crippen LogP contribution in [0, 0.1) is 5.82 Å². The summed E-state index contributed by atoms with van der Waals surface area (Å²) in [5, 5.41) is 9.64. The topological polar surface area (TPSA) is 81.6 Å². The van der Waals surface area contributed by atoms with Crippen LogP contribution in [0.4, 0.5) is 10.2 Å². The predicted octanol–water partition coefficient (Wildman–Crippen LogP) is 1.41. The number of hydrogen-bond acceptors (Lipinski definition) is 4. The van der Waals surface area contributed by atoms with Gasteiger partial charge in [0.15, 0.2) is 17.6 Å². The number of nitrogens with one attached hydrogen (secondary N) is 3. The van der Waals surface area contributed by atoms with Crippen LogP contribution >= 0.6 is 0 Å². The third-order valence-electron chi connectivity index (χ3n) is 4.69. The summed E-state index contributed by atoms with van der Waals surface area (Å²) in [5.74, 6) is 0.983. The maximum atomic E-state index is 13.9. The van der Waals surface area contributed by atoms with Crippen LogP contribution in [0.3, 0.4) is 0 Å². The summed E-state index contributed by atoms with van der Waals surface area (Å²) in [6.07, 6.45) is 5.97. The van der Waals surface area contributed by atoms with Gasteiger partial charge in [-0.25, -0.2) is 9.37 Å². The summed E-state index contributed by atoms with van der Waals surface area (Å²) in [4.78, 5) is 22.4. The first-order valence-electron chi connectivity index (χ1n) is 9.85. The SMILES string of the molecule is CCNC(=NCCCC(=O)NC1CC1)NC1CCN(c2ncccc2F)C1. The summed E-state index contributed by atoms with van der Waals surface area (Å²) >= 11 is 0. The molecule has 1 saturated heterocycles. The van der Waals surface area contributed by atoms with Gasteiger partial charge < -0.3 is 20.9 Å². The fourth-order valence-electron chi connectivity index (χ4n) is 3.15. The number of aliphatic imine (C=N–C) groups is 1. The lowest BCUT2D eigenvalue weighted by Crippen LogP contribution is -2.44. The standard InChI is InChI=1S/C19H29FN6O/c1-2-21-19(23-11-4-6-17(27)24-14-7-8-14)25-15-9-12-26(13-15)18-16(20)5-3-10-22-18/h3,5,10,14-15H,2,4,6-9,11-13H2,1H3,(H,24,27)(H2,21,23,25). The van der Waals surface area contributed by atoms with Gasteiger partial charge in [-0.05, 0) is 44.7 Å². The number of carbonyl (C=O) groups excluding carboxylic acids is 1. The molecule has 8 heteroatoms. The van der Waals surface area contributed by atoms with Crippen LogP contribution in [-0.4, -0.2) is 55.1 Å². The molecular formula is C19H29FN6O. The summed E-state index contributed by atoms with van der Waals surface area (Å²) in [5.41, 5.74) is 0. The van der Waals surface area contributed by atoms with E-state index in [1.807, 2.05) is 11.8 Å². The number of anilines is 1. The molecule has 0 spiro atoms. The van der Waals surface area contributed by atoms with E-state index in [0.717, 1.165) is 44.7 Å². The Bertz CT molecular complexity index is 663. The maximum Gasteiger partial charge on any atom is 0.220 e. The van der Waals surface area contributed by atoms with Crippen molar-refractivity contribution >= 4 is 17.7 Å². The van der Waals surface area contributed by atoms with Crippen molar-refractivity contribution in [3.63, 3.8) is 0 Å². The minimum absolute atomic E-state index is 0.120. The molecule has 2 fully saturated rings. The molecule has 1 saturated carbocycles. The third kappa shape index (κ3) is 6.08. The lowest BCUT2D eigenvalue weighted by molar-refractivity contribution is -0.121. The van der Waals surface area contributed by atoms with Crippen LogP contribution in [0.15, 0.2) is 23.3 Å². The molecule has 1 amide bonds. The molecule has 1 atom stereocenters. The first kappa shape index (κ1) is 19.4. The molecular weight excluding hydrogens is 347 g/mol. The van der Waals surface area contributed by atoms with E-state index in [4.69, 9.17) is 0 Å². The number of rotatable bonds is 8. The molecule has 3 N–H and O–H groups in total. The molecule has 1 aromatic rings. The van der Waals surface area contributed by atoms with Gasteiger partial charge >= 0.3 is 0 Å². The maximum absolute atomic E-state index is 13.9.